The second-order valence-electron chi connectivity index (χ2n) is 19.4. The Morgan fingerprint density at radius 1 is 0.870 bits per heavy atom. The van der Waals surface area contributed by atoms with E-state index in [1.165, 1.54) is 5.57 Å². The highest BCUT2D eigenvalue weighted by molar-refractivity contribution is 6.03. The molecule has 0 amide bonds. The minimum Gasteiger partial charge on any atom is -0.462 e. The van der Waals surface area contributed by atoms with Crippen molar-refractivity contribution in [1.82, 2.24) is 0 Å². The predicted molar refractivity (Wildman–Crippen MR) is 180 cm³/mol. The molecule has 0 saturated heterocycles. The number of ketones is 1. The summed E-state index contributed by atoms with van der Waals surface area (Å²) in [5.74, 6) is 0.829. The lowest BCUT2D eigenvalue weighted by molar-refractivity contribution is -0.233. The van der Waals surface area contributed by atoms with Crippen LogP contribution in [-0.2, 0) is 28.7 Å². The second-order valence-corrected chi connectivity index (χ2v) is 19.4. The fraction of sp³-hybridized carbons (Fsp3) is 0.850. The minimum absolute atomic E-state index is 0.00410. The highest BCUT2D eigenvalue weighted by atomic mass is 16.6. The van der Waals surface area contributed by atoms with Crippen molar-refractivity contribution >= 4 is 24.0 Å². The molecule has 46 heavy (non-hydrogen) atoms. The summed E-state index contributed by atoms with van der Waals surface area (Å²) in [7, 11) is 0. The van der Waals surface area contributed by atoms with Crippen LogP contribution in [0.3, 0.4) is 0 Å². The molecule has 0 bridgehead atoms. The van der Waals surface area contributed by atoms with E-state index in [2.05, 4.69) is 48.5 Å². The number of aldehydes is 1. The number of carbonyl (C=O) groups excluding carboxylic acids is 4. The van der Waals surface area contributed by atoms with E-state index >= 15 is 0 Å². The average Bonchev–Trinajstić information content (AvgIpc) is 3.22. The van der Waals surface area contributed by atoms with Gasteiger partial charge in [0.15, 0.2) is 5.78 Å². The molecule has 6 nitrogen and oxygen atoms in total. The lowest BCUT2D eigenvalue weighted by Gasteiger charge is -2.72. The summed E-state index contributed by atoms with van der Waals surface area (Å²) < 4.78 is 11.9. The quantitative estimate of drug-likeness (QED) is 0.213. The zero-order valence-electron chi connectivity index (χ0n) is 31.0. The third-order valence-electron chi connectivity index (χ3n) is 14.5. The molecule has 0 aromatic carbocycles. The molecule has 0 aromatic rings. The van der Waals surface area contributed by atoms with Crippen LogP contribution in [0, 0.1) is 56.2 Å². The maximum absolute atomic E-state index is 13.4. The molecule has 0 radical (unpaired) electrons. The van der Waals surface area contributed by atoms with Crippen molar-refractivity contribution in [2.45, 2.75) is 159 Å². The summed E-state index contributed by atoms with van der Waals surface area (Å²) in [6.07, 6.45) is 9.22. The molecule has 8 atom stereocenters. The van der Waals surface area contributed by atoms with E-state index in [0.717, 1.165) is 63.2 Å². The van der Waals surface area contributed by atoms with Crippen molar-refractivity contribution in [2.24, 2.45) is 56.2 Å². The summed E-state index contributed by atoms with van der Waals surface area (Å²) in [5, 5.41) is 0. The SMILES string of the molecule is CC(C)C1=C2[C@H]3CC[C@@H]4[C@@]5(C)CC[C@H](OC(=O)CC(C)(C)C(=O)OC(C)(C)C)C(C)(C)C5CC[C@@]4(C)[C@]3(C)CC[C@@]2(C=O)CC1=O. The third kappa shape index (κ3) is 5.16. The monoisotopic (exact) mass is 638 g/mol. The van der Waals surface area contributed by atoms with E-state index < -0.39 is 16.4 Å². The molecule has 0 heterocycles. The van der Waals surface area contributed by atoms with E-state index in [-0.39, 0.29) is 63.7 Å². The first-order chi connectivity index (χ1) is 21.0. The van der Waals surface area contributed by atoms with Crippen LogP contribution in [0.25, 0.3) is 0 Å². The molecule has 1 unspecified atom stereocenters. The Kier molecular flexibility index (Phi) is 8.46. The van der Waals surface area contributed by atoms with Crippen molar-refractivity contribution in [3.05, 3.63) is 11.1 Å². The fourth-order valence-corrected chi connectivity index (χ4v) is 12.0. The topological polar surface area (TPSA) is 86.7 Å². The molecule has 5 aliphatic rings. The standard InChI is InChI=1S/C40H62O6/c1-24(2)31-26(42)21-40(23-41)20-19-38(11)25(32(31)40)13-14-28-37(10)17-16-29(36(8,9)27(37)15-18-39(28,38)12)45-30(43)22-35(6,7)33(44)46-34(3,4)5/h23-25,27-29H,13-22H2,1-12H3/t25-,27?,28-,29+,37+,38-,39-,40+/m1/s1. The molecule has 4 fully saturated rings. The lowest BCUT2D eigenvalue weighted by Crippen LogP contribution is -2.65. The maximum Gasteiger partial charge on any atom is 0.312 e. The third-order valence-corrected chi connectivity index (χ3v) is 14.5. The Morgan fingerprint density at radius 3 is 2.11 bits per heavy atom. The fourth-order valence-electron chi connectivity index (χ4n) is 12.0. The Bertz CT molecular complexity index is 1330. The first kappa shape index (κ1) is 35.3. The summed E-state index contributed by atoms with van der Waals surface area (Å²) in [4.78, 5) is 52.4. The van der Waals surface area contributed by atoms with Gasteiger partial charge in [0.1, 0.15) is 18.0 Å². The molecule has 0 spiro atoms. The van der Waals surface area contributed by atoms with Gasteiger partial charge in [0.25, 0.3) is 0 Å². The number of esters is 2. The zero-order valence-corrected chi connectivity index (χ0v) is 31.0. The summed E-state index contributed by atoms with van der Waals surface area (Å²) in [6.45, 7) is 25.4. The smallest absolute Gasteiger partial charge is 0.312 e. The molecule has 258 valence electrons. The molecule has 5 rings (SSSR count). The van der Waals surface area contributed by atoms with Crippen LogP contribution in [0.5, 0.6) is 0 Å². The van der Waals surface area contributed by atoms with Crippen molar-refractivity contribution in [1.29, 1.82) is 0 Å². The molecule has 5 aliphatic carbocycles. The maximum atomic E-state index is 13.4. The number of fused-ring (bicyclic) bond motifs is 7. The summed E-state index contributed by atoms with van der Waals surface area (Å²) in [5.41, 5.74) is 0.0203. The first-order valence-electron chi connectivity index (χ1n) is 18.2. The average molecular weight is 639 g/mol. The van der Waals surface area contributed by atoms with Gasteiger partial charge in [-0.2, -0.15) is 0 Å². The first-order valence-corrected chi connectivity index (χ1v) is 18.2. The lowest BCUT2D eigenvalue weighted by atomic mass is 9.33. The van der Waals surface area contributed by atoms with Crippen LogP contribution in [0.15, 0.2) is 11.1 Å². The van der Waals surface area contributed by atoms with Gasteiger partial charge in [-0.25, -0.2) is 0 Å². The van der Waals surface area contributed by atoms with Crippen LogP contribution < -0.4 is 0 Å². The Morgan fingerprint density at radius 2 is 1.52 bits per heavy atom. The predicted octanol–water partition coefficient (Wildman–Crippen LogP) is 8.84. The van der Waals surface area contributed by atoms with Gasteiger partial charge in [0.05, 0.1) is 17.3 Å². The van der Waals surface area contributed by atoms with Gasteiger partial charge in [-0.3, -0.25) is 14.4 Å². The van der Waals surface area contributed by atoms with Gasteiger partial charge < -0.3 is 14.3 Å². The second kappa shape index (κ2) is 11.0. The van der Waals surface area contributed by atoms with E-state index in [0.29, 0.717) is 18.3 Å². The Labute approximate surface area is 278 Å². The van der Waals surface area contributed by atoms with Crippen LogP contribution in [-0.4, -0.2) is 35.7 Å². The van der Waals surface area contributed by atoms with Gasteiger partial charge in [-0.05, 0) is 137 Å². The van der Waals surface area contributed by atoms with E-state index in [9.17, 15) is 19.2 Å². The van der Waals surface area contributed by atoms with Crippen LogP contribution in [0.4, 0.5) is 0 Å². The Hall–Kier alpha value is -1.98. The van der Waals surface area contributed by atoms with Gasteiger partial charge in [-0.1, -0.05) is 48.5 Å². The number of rotatable bonds is 6. The number of allylic oxidation sites excluding steroid dienone is 2. The van der Waals surface area contributed by atoms with Gasteiger partial charge in [-0.15, -0.1) is 0 Å². The number of ether oxygens (including phenoxy) is 2. The highest BCUT2D eigenvalue weighted by Gasteiger charge is 2.70. The zero-order chi connectivity index (χ0) is 34.5. The molecule has 0 N–H and O–H groups in total. The number of hydrogen-bond acceptors (Lipinski definition) is 6. The van der Waals surface area contributed by atoms with Crippen LogP contribution in [0.1, 0.15) is 147 Å². The molecule has 0 aromatic heterocycles. The molecule has 6 heteroatoms. The van der Waals surface area contributed by atoms with Crippen molar-refractivity contribution < 1.29 is 28.7 Å². The molecular weight excluding hydrogens is 576 g/mol. The van der Waals surface area contributed by atoms with Crippen molar-refractivity contribution in [3.63, 3.8) is 0 Å². The number of hydrogen-bond donors (Lipinski definition) is 0. The van der Waals surface area contributed by atoms with E-state index in [4.69, 9.17) is 9.47 Å². The van der Waals surface area contributed by atoms with Crippen molar-refractivity contribution in [2.75, 3.05) is 0 Å². The van der Waals surface area contributed by atoms with Gasteiger partial charge >= 0.3 is 11.9 Å². The van der Waals surface area contributed by atoms with Crippen molar-refractivity contribution in [3.8, 4) is 0 Å². The highest BCUT2D eigenvalue weighted by Crippen LogP contribution is 2.76. The minimum atomic E-state index is -0.964. The molecular formula is C40H62O6. The summed E-state index contributed by atoms with van der Waals surface area (Å²) in [6, 6.07) is 0. The normalized spacial score (nSPS) is 40.4. The summed E-state index contributed by atoms with van der Waals surface area (Å²) >= 11 is 0. The number of Topliss-reactive ketones (excluding diaryl/α,β-unsaturated/α-hetero) is 1. The van der Waals surface area contributed by atoms with Crippen LogP contribution >= 0.6 is 0 Å². The van der Waals surface area contributed by atoms with Gasteiger partial charge in [0, 0.05) is 11.8 Å². The van der Waals surface area contributed by atoms with E-state index in [1.54, 1.807) is 13.8 Å². The molecule has 4 saturated carbocycles. The largest absolute Gasteiger partial charge is 0.462 e. The Balaban J connectivity index is 1.39. The van der Waals surface area contributed by atoms with Gasteiger partial charge in [0.2, 0.25) is 0 Å². The number of carbonyl (C=O) groups is 4. The van der Waals surface area contributed by atoms with E-state index in [1.807, 2.05) is 20.8 Å². The van der Waals surface area contributed by atoms with Crippen LogP contribution in [0.2, 0.25) is 0 Å². The molecule has 0 aliphatic heterocycles.